The molecule has 1 aromatic heterocycles. The van der Waals surface area contributed by atoms with E-state index in [0.717, 1.165) is 30.4 Å². The highest BCUT2D eigenvalue weighted by atomic mass is 79.9. The summed E-state index contributed by atoms with van der Waals surface area (Å²) >= 11 is 3.42. The van der Waals surface area contributed by atoms with Crippen LogP contribution in [-0.4, -0.2) is 38.5 Å². The average Bonchev–Trinajstić information content (AvgIpc) is 2.57. The van der Waals surface area contributed by atoms with Gasteiger partial charge in [-0.15, -0.1) is 0 Å². The topological polar surface area (TPSA) is 122 Å². The Labute approximate surface area is 155 Å². The average molecular weight is 429 g/mol. The van der Waals surface area contributed by atoms with Gasteiger partial charge in [-0.2, -0.15) is 4.98 Å². The third-order valence-corrected chi connectivity index (χ3v) is 4.84. The molecule has 0 fully saturated rings. The first-order valence-electron chi connectivity index (χ1n) is 7.71. The van der Waals surface area contributed by atoms with Crippen molar-refractivity contribution < 1.29 is 8.42 Å². The summed E-state index contributed by atoms with van der Waals surface area (Å²) < 4.78 is 23.3. The van der Waals surface area contributed by atoms with Gasteiger partial charge in [0.1, 0.15) is 5.82 Å². The highest BCUT2D eigenvalue weighted by molar-refractivity contribution is 9.10. The monoisotopic (exact) mass is 428 g/mol. The maximum atomic E-state index is 11.3. The molecule has 25 heavy (non-hydrogen) atoms. The summed E-state index contributed by atoms with van der Waals surface area (Å²) in [5.41, 5.74) is 0.662. The maximum Gasteiger partial charge on any atom is 0.238 e. The van der Waals surface area contributed by atoms with Crippen LogP contribution in [0.1, 0.15) is 12.8 Å². The second-order valence-corrected chi connectivity index (χ2v) is 7.74. The van der Waals surface area contributed by atoms with E-state index < -0.39 is 10.0 Å². The van der Waals surface area contributed by atoms with Crippen LogP contribution >= 0.6 is 15.9 Å². The van der Waals surface area contributed by atoms with E-state index in [-0.39, 0.29) is 4.90 Å². The molecule has 1 aromatic carbocycles. The van der Waals surface area contributed by atoms with Crippen molar-refractivity contribution in [3.05, 3.63) is 34.9 Å². The van der Waals surface area contributed by atoms with Gasteiger partial charge in [-0.25, -0.2) is 18.5 Å². The molecule has 0 unspecified atom stereocenters. The zero-order valence-electron chi connectivity index (χ0n) is 13.8. The third-order valence-electron chi connectivity index (χ3n) is 3.33. The van der Waals surface area contributed by atoms with Gasteiger partial charge < -0.3 is 16.0 Å². The van der Waals surface area contributed by atoms with Crippen molar-refractivity contribution in [1.82, 2.24) is 15.3 Å². The molecule has 10 heteroatoms. The molecule has 0 amide bonds. The lowest BCUT2D eigenvalue weighted by atomic mass is 10.3. The molecule has 2 rings (SSSR count). The number of unbranched alkanes of at least 4 members (excludes halogenated alkanes) is 1. The van der Waals surface area contributed by atoms with Crippen LogP contribution in [0.15, 0.2) is 39.8 Å². The standard InChI is InChI=1S/C15H21BrN6O2S/c1-18-8-2-3-9-19-14-13(16)10-20-15(22-14)21-11-4-6-12(7-5-11)25(17,23)24/h4-7,10,18H,2-3,8-9H2,1H3,(H2,17,23,24)(H2,19,20,21,22). The predicted octanol–water partition coefficient (Wildman–Crippen LogP) is 2.04. The molecule has 1 heterocycles. The van der Waals surface area contributed by atoms with Gasteiger partial charge >= 0.3 is 0 Å². The highest BCUT2D eigenvalue weighted by Crippen LogP contribution is 2.22. The molecule has 136 valence electrons. The van der Waals surface area contributed by atoms with E-state index in [1.54, 1.807) is 18.3 Å². The molecular weight excluding hydrogens is 408 g/mol. The summed E-state index contributed by atoms with van der Waals surface area (Å²) in [5.74, 6) is 1.10. The number of hydrogen-bond acceptors (Lipinski definition) is 7. The van der Waals surface area contributed by atoms with Crippen LogP contribution < -0.4 is 21.1 Å². The predicted molar refractivity (Wildman–Crippen MR) is 102 cm³/mol. The molecule has 5 N–H and O–H groups in total. The molecule has 0 aliphatic heterocycles. The van der Waals surface area contributed by atoms with Crippen molar-refractivity contribution in [3.63, 3.8) is 0 Å². The first kappa shape index (κ1) is 19.6. The summed E-state index contributed by atoms with van der Waals surface area (Å²) in [5, 5.41) is 14.5. The molecular formula is C15H21BrN6O2S. The number of anilines is 3. The van der Waals surface area contributed by atoms with E-state index in [9.17, 15) is 8.42 Å². The SMILES string of the molecule is CNCCCCNc1nc(Nc2ccc(S(N)(=O)=O)cc2)ncc1Br. The fourth-order valence-corrected chi connectivity index (χ4v) is 2.89. The van der Waals surface area contributed by atoms with Gasteiger partial charge in [-0.3, -0.25) is 0 Å². The molecule has 8 nitrogen and oxygen atoms in total. The normalized spacial score (nSPS) is 11.3. The third kappa shape index (κ3) is 6.24. The van der Waals surface area contributed by atoms with Crippen LogP contribution in [0.5, 0.6) is 0 Å². The van der Waals surface area contributed by atoms with Gasteiger partial charge in [-0.05, 0) is 66.6 Å². The van der Waals surface area contributed by atoms with E-state index in [2.05, 4.69) is 41.8 Å². The van der Waals surface area contributed by atoms with E-state index in [0.29, 0.717) is 17.5 Å². The molecule has 0 bridgehead atoms. The lowest BCUT2D eigenvalue weighted by molar-refractivity contribution is 0.598. The van der Waals surface area contributed by atoms with Crippen LogP contribution in [0, 0.1) is 0 Å². The Kier molecular flexibility index (Phi) is 7.12. The number of aromatic nitrogens is 2. The van der Waals surface area contributed by atoms with E-state index in [4.69, 9.17) is 5.14 Å². The van der Waals surface area contributed by atoms with Gasteiger partial charge in [0.15, 0.2) is 0 Å². The zero-order chi connectivity index (χ0) is 18.3. The Morgan fingerprint density at radius 3 is 2.48 bits per heavy atom. The molecule has 0 radical (unpaired) electrons. The smallest absolute Gasteiger partial charge is 0.238 e. The number of nitrogens with two attached hydrogens (primary N) is 1. The van der Waals surface area contributed by atoms with E-state index in [1.807, 2.05) is 7.05 Å². The minimum absolute atomic E-state index is 0.0544. The van der Waals surface area contributed by atoms with Crippen LogP contribution in [0.4, 0.5) is 17.5 Å². The first-order chi connectivity index (χ1) is 11.9. The molecule has 0 saturated carbocycles. The largest absolute Gasteiger partial charge is 0.369 e. The second-order valence-electron chi connectivity index (χ2n) is 5.32. The molecule has 0 spiro atoms. The number of nitrogens with one attached hydrogen (secondary N) is 3. The molecule has 2 aromatic rings. The quantitative estimate of drug-likeness (QED) is 0.450. The summed E-state index contributed by atoms with van der Waals surface area (Å²) in [7, 11) is -1.77. The maximum absolute atomic E-state index is 11.3. The Bertz CT molecular complexity index is 798. The summed E-state index contributed by atoms with van der Waals surface area (Å²) in [6.45, 7) is 1.79. The Morgan fingerprint density at radius 1 is 1.16 bits per heavy atom. The lowest BCUT2D eigenvalue weighted by Crippen LogP contribution is -2.12. The number of benzene rings is 1. The van der Waals surface area contributed by atoms with Gasteiger partial charge in [0.25, 0.3) is 0 Å². The first-order valence-corrected chi connectivity index (χ1v) is 10.0. The molecule has 0 atom stereocenters. The number of sulfonamides is 1. The van der Waals surface area contributed by atoms with Gasteiger partial charge in [0.2, 0.25) is 16.0 Å². The van der Waals surface area contributed by atoms with Crippen LogP contribution in [0.3, 0.4) is 0 Å². The fourth-order valence-electron chi connectivity index (χ4n) is 2.04. The van der Waals surface area contributed by atoms with Crippen molar-refractivity contribution in [3.8, 4) is 0 Å². The van der Waals surface area contributed by atoms with Crippen molar-refractivity contribution in [2.45, 2.75) is 17.7 Å². The number of hydrogen-bond donors (Lipinski definition) is 4. The minimum atomic E-state index is -3.70. The van der Waals surface area contributed by atoms with Gasteiger partial charge in [0.05, 0.1) is 9.37 Å². The summed E-state index contributed by atoms with van der Waals surface area (Å²) in [4.78, 5) is 8.67. The number of primary sulfonamides is 1. The molecule has 0 saturated heterocycles. The Morgan fingerprint density at radius 2 is 1.84 bits per heavy atom. The van der Waals surface area contributed by atoms with Gasteiger partial charge in [-0.1, -0.05) is 0 Å². The van der Waals surface area contributed by atoms with Crippen LogP contribution in [-0.2, 0) is 10.0 Å². The molecule has 0 aliphatic rings. The van der Waals surface area contributed by atoms with Crippen LogP contribution in [0.2, 0.25) is 0 Å². The highest BCUT2D eigenvalue weighted by Gasteiger charge is 2.08. The number of nitrogens with zero attached hydrogens (tertiary/aromatic N) is 2. The summed E-state index contributed by atoms with van der Waals surface area (Å²) in [6.07, 6.45) is 3.76. The number of halogens is 1. The minimum Gasteiger partial charge on any atom is -0.369 e. The number of rotatable bonds is 9. The Balaban J connectivity index is 2.01. The van der Waals surface area contributed by atoms with E-state index in [1.165, 1.54) is 12.1 Å². The Hall–Kier alpha value is -1.75. The zero-order valence-corrected chi connectivity index (χ0v) is 16.2. The van der Waals surface area contributed by atoms with Crippen molar-refractivity contribution in [2.75, 3.05) is 30.8 Å². The lowest BCUT2D eigenvalue weighted by Gasteiger charge is -2.10. The van der Waals surface area contributed by atoms with Crippen molar-refractivity contribution >= 4 is 43.4 Å². The fraction of sp³-hybridized carbons (Fsp3) is 0.333. The second kappa shape index (κ2) is 9.09. The van der Waals surface area contributed by atoms with Gasteiger partial charge in [0, 0.05) is 18.4 Å². The molecule has 0 aliphatic carbocycles. The summed E-state index contributed by atoms with van der Waals surface area (Å²) in [6, 6.07) is 6.07. The van der Waals surface area contributed by atoms with Crippen molar-refractivity contribution in [1.29, 1.82) is 0 Å². The van der Waals surface area contributed by atoms with Crippen molar-refractivity contribution in [2.24, 2.45) is 5.14 Å². The van der Waals surface area contributed by atoms with Crippen LogP contribution in [0.25, 0.3) is 0 Å². The van der Waals surface area contributed by atoms with E-state index >= 15 is 0 Å².